The quantitative estimate of drug-likeness (QED) is 0.311. The molecule has 0 radical (unpaired) electrons. The summed E-state index contributed by atoms with van der Waals surface area (Å²) in [5.41, 5.74) is 7.64. The molecule has 0 aliphatic carbocycles. The van der Waals surface area contributed by atoms with Crippen LogP contribution in [0.3, 0.4) is 0 Å². The first kappa shape index (κ1) is 18.5. The van der Waals surface area contributed by atoms with E-state index in [0.717, 1.165) is 61.4 Å². The maximum Gasteiger partial charge on any atom is 0.144 e. The van der Waals surface area contributed by atoms with Crippen molar-refractivity contribution in [1.29, 1.82) is 0 Å². The Morgan fingerprint density at radius 3 is 2.34 bits per heavy atom. The Bertz CT molecular complexity index is 1590. The van der Waals surface area contributed by atoms with Gasteiger partial charge in [-0.1, -0.05) is 54.6 Å². The van der Waals surface area contributed by atoms with E-state index in [4.69, 9.17) is 14.4 Å². The molecule has 0 unspecified atom stereocenters. The van der Waals surface area contributed by atoms with Gasteiger partial charge in [-0.3, -0.25) is 4.98 Å². The molecule has 0 atom stereocenters. The van der Waals surface area contributed by atoms with Crippen LogP contribution in [0.15, 0.2) is 102 Å². The molecule has 6 rings (SSSR count). The molecule has 0 saturated heterocycles. The molecule has 0 aliphatic rings. The Balaban J connectivity index is 1.51. The summed E-state index contributed by atoms with van der Waals surface area (Å²) in [5.74, 6) is 0.720. The molecule has 4 heteroatoms. The third-order valence-corrected chi connectivity index (χ3v) is 5.67. The number of benzene rings is 3. The van der Waals surface area contributed by atoms with Crippen LogP contribution in [-0.2, 0) is 0 Å². The van der Waals surface area contributed by atoms with Crippen LogP contribution >= 0.6 is 0 Å². The molecule has 4 nitrogen and oxygen atoms in total. The number of aromatic nitrogens is 3. The van der Waals surface area contributed by atoms with E-state index < -0.39 is 0 Å². The second-order valence-electron chi connectivity index (χ2n) is 7.79. The molecule has 3 aromatic carbocycles. The van der Waals surface area contributed by atoms with Crippen LogP contribution in [0.4, 0.5) is 0 Å². The third kappa shape index (κ3) is 3.13. The number of pyridine rings is 1. The van der Waals surface area contributed by atoms with E-state index in [1.54, 1.807) is 6.20 Å². The zero-order chi connectivity index (χ0) is 21.5. The van der Waals surface area contributed by atoms with E-state index in [1.807, 2.05) is 43.5 Å². The van der Waals surface area contributed by atoms with Gasteiger partial charge in [-0.25, -0.2) is 9.97 Å². The highest BCUT2D eigenvalue weighted by atomic mass is 16.3. The Hall–Kier alpha value is -4.31. The lowest BCUT2D eigenvalue weighted by Gasteiger charge is -2.09. The average molecular weight is 413 g/mol. The van der Waals surface area contributed by atoms with Crippen LogP contribution in [-0.4, -0.2) is 15.0 Å². The van der Waals surface area contributed by atoms with Crippen molar-refractivity contribution in [3.8, 4) is 33.6 Å². The molecule has 0 fully saturated rings. The highest BCUT2D eigenvalue weighted by Crippen LogP contribution is 2.36. The van der Waals surface area contributed by atoms with Crippen LogP contribution in [0.2, 0.25) is 0 Å². The molecule has 0 spiro atoms. The summed E-state index contributed by atoms with van der Waals surface area (Å²) >= 11 is 0. The summed E-state index contributed by atoms with van der Waals surface area (Å²) in [6.07, 6.45) is 3.66. The molecule has 0 aliphatic heterocycles. The van der Waals surface area contributed by atoms with Crippen molar-refractivity contribution in [2.45, 2.75) is 6.92 Å². The Morgan fingerprint density at radius 2 is 1.44 bits per heavy atom. The van der Waals surface area contributed by atoms with Gasteiger partial charge in [-0.15, -0.1) is 0 Å². The predicted molar refractivity (Wildman–Crippen MR) is 128 cm³/mol. The van der Waals surface area contributed by atoms with Crippen molar-refractivity contribution in [2.75, 3.05) is 0 Å². The molecule has 32 heavy (non-hydrogen) atoms. The predicted octanol–water partition coefficient (Wildman–Crippen LogP) is 7.08. The van der Waals surface area contributed by atoms with Crippen molar-refractivity contribution in [3.63, 3.8) is 0 Å². The minimum absolute atomic E-state index is 0.720. The van der Waals surface area contributed by atoms with Crippen LogP contribution in [0.1, 0.15) is 5.82 Å². The number of para-hydroxylation sites is 2. The van der Waals surface area contributed by atoms with E-state index in [9.17, 15) is 0 Å². The number of nitrogens with zero attached hydrogens (tertiary/aromatic N) is 3. The first-order valence-electron chi connectivity index (χ1n) is 10.5. The summed E-state index contributed by atoms with van der Waals surface area (Å²) in [4.78, 5) is 13.7. The molecule has 0 saturated carbocycles. The van der Waals surface area contributed by atoms with Gasteiger partial charge in [0.1, 0.15) is 17.0 Å². The molecule has 0 bridgehead atoms. The normalized spacial score (nSPS) is 11.3. The number of furan rings is 1. The Labute approximate surface area is 185 Å². The van der Waals surface area contributed by atoms with Gasteiger partial charge in [0, 0.05) is 39.9 Å². The first-order valence-corrected chi connectivity index (χ1v) is 10.5. The number of fused-ring (bicyclic) bond motifs is 3. The van der Waals surface area contributed by atoms with Gasteiger partial charge >= 0.3 is 0 Å². The third-order valence-electron chi connectivity index (χ3n) is 5.67. The van der Waals surface area contributed by atoms with Crippen LogP contribution in [0, 0.1) is 6.92 Å². The van der Waals surface area contributed by atoms with E-state index in [2.05, 4.69) is 59.6 Å². The Kier molecular flexibility index (Phi) is 4.29. The first-order chi connectivity index (χ1) is 15.8. The molecule has 3 heterocycles. The highest BCUT2D eigenvalue weighted by molar-refractivity contribution is 6.09. The highest BCUT2D eigenvalue weighted by Gasteiger charge is 2.14. The van der Waals surface area contributed by atoms with Gasteiger partial charge < -0.3 is 4.42 Å². The lowest BCUT2D eigenvalue weighted by Crippen LogP contribution is -1.95. The van der Waals surface area contributed by atoms with Crippen LogP contribution < -0.4 is 0 Å². The largest absolute Gasteiger partial charge is 0.455 e. The summed E-state index contributed by atoms with van der Waals surface area (Å²) in [6.45, 7) is 1.93. The number of rotatable bonds is 3. The maximum atomic E-state index is 6.23. The van der Waals surface area contributed by atoms with Gasteiger partial charge in [0.2, 0.25) is 0 Å². The fraction of sp³-hybridized carbons (Fsp3) is 0.0357. The zero-order valence-corrected chi connectivity index (χ0v) is 17.5. The average Bonchev–Trinajstić information content (AvgIpc) is 3.23. The van der Waals surface area contributed by atoms with Crippen LogP contribution in [0.5, 0.6) is 0 Å². The standard InChI is InChI=1S/C28H19N3O/c1-18-30-25(20-8-4-7-19(15-20)21-9-6-14-29-17-21)16-26(31-18)24-12-5-11-23-22-10-2-3-13-27(22)32-28(23)24/h2-17H,1H3. The fourth-order valence-corrected chi connectivity index (χ4v) is 4.19. The van der Waals surface area contributed by atoms with E-state index in [-0.39, 0.29) is 0 Å². The SMILES string of the molecule is Cc1nc(-c2cccc(-c3cccnc3)c2)cc(-c2cccc3c2oc2ccccc23)n1. The van der Waals surface area contributed by atoms with Gasteiger partial charge in [0.25, 0.3) is 0 Å². The second kappa shape index (κ2) is 7.43. The molecule has 0 amide bonds. The molecule has 152 valence electrons. The summed E-state index contributed by atoms with van der Waals surface area (Å²) in [6, 6.07) is 28.7. The van der Waals surface area contributed by atoms with Gasteiger partial charge in [0.15, 0.2) is 0 Å². The maximum absolute atomic E-state index is 6.23. The number of hydrogen-bond acceptors (Lipinski definition) is 4. The van der Waals surface area contributed by atoms with Crippen molar-refractivity contribution >= 4 is 21.9 Å². The van der Waals surface area contributed by atoms with Crippen molar-refractivity contribution in [3.05, 3.63) is 103 Å². The monoisotopic (exact) mass is 413 g/mol. The summed E-state index contributed by atoms with van der Waals surface area (Å²) in [7, 11) is 0. The molecular formula is C28H19N3O. The summed E-state index contributed by atoms with van der Waals surface area (Å²) < 4.78 is 6.23. The minimum Gasteiger partial charge on any atom is -0.455 e. The van der Waals surface area contributed by atoms with Crippen LogP contribution in [0.25, 0.3) is 55.6 Å². The lowest BCUT2D eigenvalue weighted by molar-refractivity contribution is 0.670. The molecular weight excluding hydrogens is 394 g/mol. The molecule has 0 N–H and O–H groups in total. The molecule has 3 aromatic heterocycles. The number of hydrogen-bond donors (Lipinski definition) is 0. The van der Waals surface area contributed by atoms with E-state index in [1.165, 1.54) is 0 Å². The second-order valence-corrected chi connectivity index (χ2v) is 7.79. The van der Waals surface area contributed by atoms with Crippen molar-refractivity contribution < 1.29 is 4.42 Å². The zero-order valence-electron chi connectivity index (χ0n) is 17.5. The Morgan fingerprint density at radius 1 is 0.656 bits per heavy atom. The van der Waals surface area contributed by atoms with E-state index >= 15 is 0 Å². The van der Waals surface area contributed by atoms with Crippen molar-refractivity contribution in [2.24, 2.45) is 0 Å². The van der Waals surface area contributed by atoms with E-state index in [0.29, 0.717) is 0 Å². The number of aryl methyl sites for hydroxylation is 1. The fourth-order valence-electron chi connectivity index (χ4n) is 4.19. The minimum atomic E-state index is 0.720. The van der Waals surface area contributed by atoms with Gasteiger partial charge in [-0.2, -0.15) is 0 Å². The van der Waals surface area contributed by atoms with Gasteiger partial charge in [0.05, 0.1) is 11.4 Å². The van der Waals surface area contributed by atoms with Crippen molar-refractivity contribution in [1.82, 2.24) is 15.0 Å². The topological polar surface area (TPSA) is 51.8 Å². The lowest BCUT2D eigenvalue weighted by atomic mass is 10.0. The smallest absolute Gasteiger partial charge is 0.144 e. The van der Waals surface area contributed by atoms with Gasteiger partial charge in [-0.05, 0) is 42.8 Å². The summed E-state index contributed by atoms with van der Waals surface area (Å²) in [5, 5.41) is 2.20. The molecule has 6 aromatic rings.